The first-order valence-corrected chi connectivity index (χ1v) is 9.90. The molecule has 0 saturated heterocycles. The highest BCUT2D eigenvalue weighted by atomic mass is 32.1. The number of aryl methyl sites for hydroxylation is 1. The Morgan fingerprint density at radius 1 is 1.29 bits per heavy atom. The van der Waals surface area contributed by atoms with Crippen molar-refractivity contribution in [2.24, 2.45) is 0 Å². The number of nitrogens with zero attached hydrogens (tertiary/aromatic N) is 1. The smallest absolute Gasteiger partial charge is 0.407 e. The van der Waals surface area contributed by atoms with Crippen LogP contribution in [0.5, 0.6) is 0 Å². The van der Waals surface area contributed by atoms with Crippen LogP contribution in [0.3, 0.4) is 0 Å². The fourth-order valence-electron chi connectivity index (χ4n) is 3.35. The van der Waals surface area contributed by atoms with Gasteiger partial charge in [-0.15, -0.1) is 11.3 Å². The molecule has 0 unspecified atom stereocenters. The number of nitrogens with one attached hydrogen (secondary N) is 1. The zero-order valence-electron chi connectivity index (χ0n) is 15.9. The number of carbonyl (C=O) groups excluding carboxylic acids is 1. The minimum Gasteiger partial charge on any atom is -0.444 e. The van der Waals surface area contributed by atoms with Gasteiger partial charge in [-0.2, -0.15) is 0 Å². The maximum atomic E-state index is 11.9. The Morgan fingerprint density at radius 3 is 2.38 bits per heavy atom. The van der Waals surface area contributed by atoms with Crippen LogP contribution in [0.4, 0.5) is 9.80 Å². The predicted molar refractivity (Wildman–Crippen MR) is 102 cm³/mol. The van der Waals surface area contributed by atoms with Gasteiger partial charge in [0.15, 0.2) is 0 Å². The van der Waals surface area contributed by atoms with Crippen molar-refractivity contribution < 1.29 is 9.53 Å². The van der Waals surface area contributed by atoms with Crippen molar-refractivity contribution in [3.05, 3.63) is 16.5 Å². The number of carbonyl (C=O) groups is 1. The van der Waals surface area contributed by atoms with Gasteiger partial charge in [0.2, 0.25) is 0 Å². The summed E-state index contributed by atoms with van der Waals surface area (Å²) >= 11 is 1.86. The number of hydrogen-bond donors (Lipinski definition) is 1. The molecule has 136 valence electrons. The summed E-state index contributed by atoms with van der Waals surface area (Å²) in [4.78, 5) is 14.5. The largest absolute Gasteiger partial charge is 0.444 e. The van der Waals surface area contributed by atoms with Crippen molar-refractivity contribution in [1.29, 1.82) is 0 Å². The van der Waals surface area contributed by atoms with Gasteiger partial charge in [-0.25, -0.2) is 4.79 Å². The first-order valence-electron chi connectivity index (χ1n) is 9.02. The standard InChI is InChI=1S/C19H32N2O2S/c1-7-21(17-14(3)13(2)12-24-17)16-10-8-15(9-11-16)20-18(22)23-19(4,5)6/h12,15-16H,7-11H2,1-6H3,(H,20,22). The van der Waals surface area contributed by atoms with Crippen molar-refractivity contribution >= 4 is 22.4 Å². The first-order chi connectivity index (χ1) is 11.2. The fraction of sp³-hybridized carbons (Fsp3) is 0.737. The molecule has 24 heavy (non-hydrogen) atoms. The molecule has 0 bridgehead atoms. The van der Waals surface area contributed by atoms with E-state index < -0.39 is 5.60 Å². The molecule has 1 aromatic heterocycles. The molecule has 0 aliphatic heterocycles. The third-order valence-electron chi connectivity index (χ3n) is 4.72. The Bertz CT molecular complexity index is 554. The van der Waals surface area contributed by atoms with Crippen LogP contribution in [-0.4, -0.2) is 30.3 Å². The number of amides is 1. The molecule has 1 aromatic rings. The summed E-state index contributed by atoms with van der Waals surface area (Å²) in [5, 5.41) is 6.70. The molecule has 0 spiro atoms. The van der Waals surface area contributed by atoms with Gasteiger partial charge in [0, 0.05) is 18.6 Å². The van der Waals surface area contributed by atoms with Crippen molar-refractivity contribution in [2.45, 2.75) is 84.9 Å². The van der Waals surface area contributed by atoms with E-state index in [1.165, 1.54) is 16.1 Å². The van der Waals surface area contributed by atoms with E-state index in [0.29, 0.717) is 6.04 Å². The average molecular weight is 353 g/mol. The van der Waals surface area contributed by atoms with Crippen LogP contribution in [0, 0.1) is 13.8 Å². The highest BCUT2D eigenvalue weighted by Crippen LogP contribution is 2.35. The highest BCUT2D eigenvalue weighted by Gasteiger charge is 2.28. The molecule has 4 nitrogen and oxygen atoms in total. The molecule has 0 atom stereocenters. The summed E-state index contributed by atoms with van der Waals surface area (Å²) in [5.41, 5.74) is 2.36. The first kappa shape index (κ1) is 19.1. The van der Waals surface area contributed by atoms with E-state index in [0.717, 1.165) is 32.2 Å². The molecular weight excluding hydrogens is 320 g/mol. The molecule has 2 rings (SSSR count). The fourth-order valence-corrected chi connectivity index (χ4v) is 4.56. The minimum atomic E-state index is -0.436. The van der Waals surface area contributed by atoms with Gasteiger partial charge in [-0.3, -0.25) is 0 Å². The lowest BCUT2D eigenvalue weighted by molar-refractivity contribution is 0.0491. The summed E-state index contributed by atoms with van der Waals surface area (Å²) in [6, 6.07) is 0.810. The number of thiophene rings is 1. The third-order valence-corrected chi connectivity index (χ3v) is 5.95. The SMILES string of the molecule is CCN(c1scc(C)c1C)C1CCC(NC(=O)OC(C)(C)C)CC1. The molecule has 1 saturated carbocycles. The Kier molecular flexibility index (Phi) is 6.18. The summed E-state index contributed by atoms with van der Waals surface area (Å²) in [6.45, 7) is 13.4. The van der Waals surface area contributed by atoms with E-state index in [9.17, 15) is 4.79 Å². The van der Waals surface area contributed by atoms with Crippen molar-refractivity contribution in [3.63, 3.8) is 0 Å². The van der Waals surface area contributed by atoms with E-state index in [-0.39, 0.29) is 12.1 Å². The minimum absolute atomic E-state index is 0.237. The summed E-state index contributed by atoms with van der Waals surface area (Å²) < 4.78 is 5.36. The monoisotopic (exact) mass is 352 g/mol. The zero-order chi connectivity index (χ0) is 17.9. The van der Waals surface area contributed by atoms with Crippen molar-refractivity contribution in [3.8, 4) is 0 Å². The second-order valence-corrected chi connectivity index (χ2v) is 8.64. The summed E-state index contributed by atoms with van der Waals surface area (Å²) in [7, 11) is 0. The van der Waals surface area contributed by atoms with Gasteiger partial charge in [0.1, 0.15) is 5.60 Å². The zero-order valence-corrected chi connectivity index (χ0v) is 16.8. The highest BCUT2D eigenvalue weighted by molar-refractivity contribution is 7.14. The van der Waals surface area contributed by atoms with Crippen LogP contribution >= 0.6 is 11.3 Å². The average Bonchev–Trinajstić information content (AvgIpc) is 2.80. The van der Waals surface area contributed by atoms with Crippen molar-refractivity contribution in [2.75, 3.05) is 11.4 Å². The van der Waals surface area contributed by atoms with Gasteiger partial charge in [-0.1, -0.05) is 0 Å². The molecule has 1 fully saturated rings. The molecule has 5 heteroatoms. The number of rotatable bonds is 4. The molecule has 1 heterocycles. The van der Waals surface area contributed by atoms with Gasteiger partial charge in [0.25, 0.3) is 0 Å². The van der Waals surface area contributed by atoms with E-state index in [2.05, 4.69) is 36.4 Å². The lowest BCUT2D eigenvalue weighted by Crippen LogP contribution is -2.45. The Labute approximate surface area is 150 Å². The quantitative estimate of drug-likeness (QED) is 0.826. The number of alkyl carbamates (subject to hydrolysis) is 1. The summed E-state index contributed by atoms with van der Waals surface area (Å²) in [6.07, 6.45) is 3.98. The van der Waals surface area contributed by atoms with Gasteiger partial charge < -0.3 is 15.0 Å². The van der Waals surface area contributed by atoms with Crippen molar-refractivity contribution in [1.82, 2.24) is 5.32 Å². The van der Waals surface area contributed by atoms with Gasteiger partial charge >= 0.3 is 6.09 Å². The Balaban J connectivity index is 1.89. The number of anilines is 1. The van der Waals surface area contributed by atoms with E-state index in [1.54, 1.807) is 0 Å². The molecular formula is C19H32N2O2S. The van der Waals surface area contributed by atoms with Crippen LogP contribution < -0.4 is 10.2 Å². The second kappa shape index (κ2) is 7.77. The van der Waals surface area contributed by atoms with Crippen LogP contribution in [0.1, 0.15) is 64.5 Å². The van der Waals surface area contributed by atoms with Gasteiger partial charge in [-0.05, 0) is 83.7 Å². The lowest BCUT2D eigenvalue weighted by Gasteiger charge is -2.37. The molecule has 1 aliphatic carbocycles. The molecule has 0 radical (unpaired) electrons. The van der Waals surface area contributed by atoms with E-state index in [4.69, 9.17) is 4.74 Å². The van der Waals surface area contributed by atoms with Crippen LogP contribution in [0.25, 0.3) is 0 Å². The third kappa shape index (κ3) is 4.88. The maximum Gasteiger partial charge on any atom is 0.407 e. The predicted octanol–water partition coefficient (Wildman–Crippen LogP) is 5.03. The van der Waals surface area contributed by atoms with Crippen LogP contribution in [-0.2, 0) is 4.74 Å². The van der Waals surface area contributed by atoms with Crippen LogP contribution in [0.15, 0.2) is 5.38 Å². The lowest BCUT2D eigenvalue weighted by atomic mass is 9.90. The second-order valence-electron chi connectivity index (χ2n) is 7.79. The topological polar surface area (TPSA) is 41.6 Å². The van der Waals surface area contributed by atoms with Crippen LogP contribution in [0.2, 0.25) is 0 Å². The molecule has 0 aromatic carbocycles. The maximum absolute atomic E-state index is 11.9. The molecule has 1 amide bonds. The normalized spacial score (nSPS) is 21.4. The van der Waals surface area contributed by atoms with E-state index >= 15 is 0 Å². The Morgan fingerprint density at radius 2 is 1.92 bits per heavy atom. The number of ether oxygens (including phenoxy) is 1. The molecule has 1 N–H and O–H groups in total. The number of hydrogen-bond acceptors (Lipinski definition) is 4. The Hall–Kier alpha value is -1.23. The summed E-state index contributed by atoms with van der Waals surface area (Å²) in [5.74, 6) is 0. The molecule has 1 aliphatic rings. The van der Waals surface area contributed by atoms with Gasteiger partial charge in [0.05, 0.1) is 5.00 Å². The van der Waals surface area contributed by atoms with E-state index in [1.807, 2.05) is 32.1 Å².